The van der Waals surface area contributed by atoms with Crippen LogP contribution in [0.2, 0.25) is 5.02 Å². The number of aryl methyl sites for hydroxylation is 1. The molecule has 500 valence electrons. The summed E-state index contributed by atoms with van der Waals surface area (Å²) in [5.41, 5.74) is 2.64. The normalized spacial score (nSPS) is 18.2. The Morgan fingerprint density at radius 3 is 2.25 bits per heavy atom. The number of rotatable bonds is 29. The number of fused-ring (bicyclic) bond motifs is 1. The minimum absolute atomic E-state index is 0.00307. The lowest BCUT2D eigenvalue weighted by molar-refractivity contribution is -0.287. The van der Waals surface area contributed by atoms with E-state index in [1.807, 2.05) is 30.0 Å². The van der Waals surface area contributed by atoms with Gasteiger partial charge < -0.3 is 69.3 Å². The van der Waals surface area contributed by atoms with Crippen LogP contribution in [-0.4, -0.2) is 190 Å². The molecule has 0 unspecified atom stereocenters. The molecule has 4 aliphatic rings. The number of aliphatic hydroxyl groups is 1. The molecule has 0 radical (unpaired) electrons. The maximum absolute atomic E-state index is 14.7. The Morgan fingerprint density at radius 2 is 1.57 bits per heavy atom. The predicted molar refractivity (Wildman–Crippen MR) is 340 cm³/mol. The molecule has 1 aliphatic carbocycles. The number of hydrogen-bond acceptors (Lipinski definition) is 22. The Balaban J connectivity index is 0.664. The van der Waals surface area contributed by atoms with Gasteiger partial charge in [-0.3, -0.25) is 19.3 Å². The number of nitrogens with zero attached hydrogens (tertiary/aromatic N) is 7. The molecular formula is C63H75ClF3N11O13S2. The second-order valence-corrected chi connectivity index (χ2v) is 27.2. The highest BCUT2D eigenvalue weighted by Crippen LogP contribution is 2.48. The number of nitrogens with one attached hydrogen (secondary N) is 4. The van der Waals surface area contributed by atoms with Gasteiger partial charge in [-0.15, -0.1) is 20.1 Å². The second kappa shape index (κ2) is 29.3. The second-order valence-electron chi connectivity index (χ2n) is 23.9. The fourth-order valence-corrected chi connectivity index (χ4v) is 12.5. The summed E-state index contributed by atoms with van der Waals surface area (Å²) in [5.74, 6) is -1.44. The van der Waals surface area contributed by atoms with Crippen LogP contribution in [0.4, 0.5) is 36.4 Å². The summed E-state index contributed by atoms with van der Waals surface area (Å²) >= 11 is 8.22. The Hall–Kier alpha value is -7.64. The van der Waals surface area contributed by atoms with Crippen molar-refractivity contribution in [3.05, 3.63) is 112 Å². The molecule has 4 atom stereocenters. The number of aromatic nitrogens is 4. The van der Waals surface area contributed by atoms with Gasteiger partial charge >= 0.3 is 12.3 Å². The van der Waals surface area contributed by atoms with E-state index >= 15 is 0 Å². The number of piperazine rings is 1. The third-order valence-electron chi connectivity index (χ3n) is 16.1. The van der Waals surface area contributed by atoms with Crippen LogP contribution >= 0.6 is 22.9 Å². The summed E-state index contributed by atoms with van der Waals surface area (Å²) in [4.78, 5) is 65.0. The van der Waals surface area contributed by atoms with Crippen molar-refractivity contribution >= 4 is 73.8 Å². The van der Waals surface area contributed by atoms with Gasteiger partial charge in [0.2, 0.25) is 23.7 Å². The van der Waals surface area contributed by atoms with E-state index in [1.54, 1.807) is 62.7 Å². The average molecular weight is 1350 g/mol. The van der Waals surface area contributed by atoms with Gasteiger partial charge in [-0.25, -0.2) is 17.8 Å². The number of benzene rings is 4. The monoisotopic (exact) mass is 1350 g/mol. The summed E-state index contributed by atoms with van der Waals surface area (Å²) in [6.45, 7) is 12.4. The molecule has 1 saturated carbocycles. The minimum Gasteiger partial charge on any atom is -0.491 e. The van der Waals surface area contributed by atoms with Gasteiger partial charge in [-0.2, -0.15) is 15.0 Å². The van der Waals surface area contributed by atoms with Crippen molar-refractivity contribution < 1.29 is 74.2 Å². The molecule has 93 heavy (non-hydrogen) atoms. The lowest BCUT2D eigenvalue weighted by Crippen LogP contribution is -2.59. The highest BCUT2D eigenvalue weighted by molar-refractivity contribution is 7.90. The number of anilines is 4. The molecule has 30 heteroatoms. The Kier molecular flexibility index (Phi) is 21.5. The van der Waals surface area contributed by atoms with E-state index in [2.05, 4.69) is 41.1 Å². The van der Waals surface area contributed by atoms with Crippen LogP contribution in [0.3, 0.4) is 0 Å². The fourth-order valence-electron chi connectivity index (χ4n) is 10.8. The first-order valence-corrected chi connectivity index (χ1v) is 33.4. The maximum atomic E-state index is 14.7. The Labute approximate surface area is 545 Å². The minimum atomic E-state index is -3.91. The van der Waals surface area contributed by atoms with E-state index in [1.165, 1.54) is 47.6 Å². The van der Waals surface area contributed by atoms with Gasteiger partial charge in [-0.05, 0) is 72.7 Å². The van der Waals surface area contributed by atoms with E-state index < -0.39 is 69.2 Å². The number of methoxy groups -OCH3 is 1. The van der Waals surface area contributed by atoms with Crippen LogP contribution in [0.1, 0.15) is 68.5 Å². The van der Waals surface area contributed by atoms with Crippen LogP contribution < -0.4 is 45.1 Å². The van der Waals surface area contributed by atoms with Crippen LogP contribution in [0, 0.1) is 12.3 Å². The molecule has 2 aromatic heterocycles. The molecule has 24 nitrogen and oxygen atoms in total. The van der Waals surface area contributed by atoms with Gasteiger partial charge in [0.1, 0.15) is 24.4 Å². The SMILES string of the molecule is COc1nc(Nc2cc(S(C)(=O)=O)ccc2N[C@H](c2ccccc2Cl)c2cccc3c2OC(F)(F)O3)nc(N2CCN(CCOCCOCCOCCOc3cc(-c4scnc4C)ccc3CNC(=O)[C@@H]3C[C@@H](O)CN3C(=O)[C@@H](NC(=O)C3(F)CC3)C(C)(C)C)CC2)n1. The van der Waals surface area contributed by atoms with Crippen molar-refractivity contribution in [2.75, 3.05) is 114 Å². The topological polar surface area (TPSA) is 280 Å². The van der Waals surface area contributed by atoms with Crippen molar-refractivity contribution in [1.82, 2.24) is 40.4 Å². The number of amides is 3. The van der Waals surface area contributed by atoms with Crippen LogP contribution in [-0.2, 0) is 45.0 Å². The summed E-state index contributed by atoms with van der Waals surface area (Å²) in [5, 5.41) is 23.0. The molecule has 5 N–H and O–H groups in total. The zero-order valence-electron chi connectivity index (χ0n) is 52.2. The molecule has 4 aromatic carbocycles. The van der Waals surface area contributed by atoms with Crippen molar-refractivity contribution in [3.63, 3.8) is 0 Å². The van der Waals surface area contributed by atoms with Gasteiger partial charge in [0, 0.05) is 74.6 Å². The maximum Gasteiger partial charge on any atom is 0.586 e. The number of β-amino-alcohol motifs (C(OH)–C–C–N with tert-alkyl or cyclic N) is 1. The van der Waals surface area contributed by atoms with Gasteiger partial charge in [0.05, 0.1) is 91.2 Å². The Morgan fingerprint density at radius 1 is 0.860 bits per heavy atom. The standard InChI is InChI=1S/C63H75ClF3N11O13S2/c1-38-53(92-37-69-38)39-14-15-40(35-68-55(80)48-33-41(79)36-78(48)56(81)54(61(2,3)4)72-57(82)62(65)18-19-62)50(32-39)89-31-30-88-29-28-87-27-26-86-25-24-76-20-22-77(23-21-76)59-73-58(74-60(75-59)85-5)71-47-34-42(93(6,83)84)16-17-46(47)70-51(43-10-7-8-12-45(43)64)44-11-9-13-49-52(44)91-63(66,67)90-49/h7-17,32,34,37,41,48,51,54,70,79H,18-31,33,35-36H2,1-6H3,(H,68,80)(H,72,82)(H,71,73,74,75)/t41-,48+,51-,54-/m1/s1. The van der Waals surface area contributed by atoms with Crippen LogP contribution in [0.25, 0.3) is 10.4 Å². The number of carbonyl (C=O) groups excluding carboxylic acids is 3. The van der Waals surface area contributed by atoms with Gasteiger partial charge in [-0.1, -0.05) is 74.8 Å². The number of alkyl halides is 3. The zero-order valence-corrected chi connectivity index (χ0v) is 54.6. The molecular weight excluding hydrogens is 1280 g/mol. The van der Waals surface area contributed by atoms with Crippen molar-refractivity contribution in [2.45, 2.75) is 94.6 Å². The fraction of sp³-hybridized carbons (Fsp3) is 0.476. The first-order chi connectivity index (χ1) is 44.4. The number of ether oxygens (including phenoxy) is 7. The first-order valence-electron chi connectivity index (χ1n) is 30.3. The number of hydrogen-bond donors (Lipinski definition) is 5. The predicted octanol–water partition coefficient (Wildman–Crippen LogP) is 7.50. The van der Waals surface area contributed by atoms with Crippen molar-refractivity contribution in [3.8, 4) is 33.7 Å². The molecule has 3 aliphatic heterocycles. The average Bonchev–Trinajstić information content (AvgIpc) is 1.72. The van der Waals surface area contributed by atoms with E-state index in [4.69, 9.17) is 49.7 Å². The van der Waals surface area contributed by atoms with Crippen molar-refractivity contribution in [1.29, 1.82) is 0 Å². The summed E-state index contributed by atoms with van der Waals surface area (Å²) in [7, 11) is -2.32. The van der Waals surface area contributed by atoms with E-state index in [9.17, 15) is 41.1 Å². The van der Waals surface area contributed by atoms with E-state index in [-0.39, 0.29) is 85.2 Å². The zero-order chi connectivity index (χ0) is 66.2. The molecule has 3 fully saturated rings. The molecule has 0 spiro atoms. The summed E-state index contributed by atoms with van der Waals surface area (Å²) in [6, 6.07) is 18.3. The number of aliphatic hydroxyl groups excluding tert-OH is 1. The first kappa shape index (κ1) is 68.2. The molecule has 5 heterocycles. The third kappa shape index (κ3) is 17.2. The molecule has 6 aromatic rings. The number of thiazole rings is 1. The third-order valence-corrected chi connectivity index (χ3v) is 18.5. The van der Waals surface area contributed by atoms with E-state index in [0.29, 0.717) is 99.3 Å². The Bertz CT molecular complexity index is 3760. The lowest BCUT2D eigenvalue weighted by Gasteiger charge is -2.35. The van der Waals surface area contributed by atoms with Crippen LogP contribution in [0.5, 0.6) is 23.3 Å². The number of carbonyl (C=O) groups is 3. The molecule has 3 amide bonds. The summed E-state index contributed by atoms with van der Waals surface area (Å²) in [6.07, 6.45) is -3.65. The quantitative estimate of drug-likeness (QED) is 0.0284. The molecule has 2 saturated heterocycles. The smallest absolute Gasteiger partial charge is 0.491 e. The molecule has 0 bridgehead atoms. The lowest BCUT2D eigenvalue weighted by atomic mass is 9.85. The highest BCUT2D eigenvalue weighted by Gasteiger charge is 2.53. The number of likely N-dealkylation sites (tertiary alicyclic amines) is 1. The number of para-hydroxylation sites is 1. The number of sulfone groups is 1. The van der Waals surface area contributed by atoms with E-state index in [0.717, 1.165) is 22.4 Å². The summed E-state index contributed by atoms with van der Waals surface area (Å²) < 4.78 is 108. The van der Waals surface area contributed by atoms with Crippen LogP contribution in [0.15, 0.2) is 89.3 Å². The van der Waals surface area contributed by atoms with Crippen molar-refractivity contribution in [2.24, 2.45) is 5.41 Å². The van der Waals surface area contributed by atoms with Gasteiger partial charge in [0.15, 0.2) is 27.0 Å². The van der Waals surface area contributed by atoms with Gasteiger partial charge in [0.25, 0.3) is 5.91 Å². The largest absolute Gasteiger partial charge is 0.586 e. The molecule has 10 rings (SSSR count). The number of halogens is 4. The highest BCUT2D eigenvalue weighted by atomic mass is 35.5.